The van der Waals surface area contributed by atoms with Gasteiger partial charge in [0.05, 0.1) is 41.1 Å². The molecular weight excluding hydrogens is 660 g/mol. The minimum atomic E-state index is -0.495. The Bertz CT molecular complexity index is 1580. The molecule has 10 nitrogen and oxygen atoms in total. The number of nitrogens with zero attached hydrogens (tertiary/aromatic N) is 2. The van der Waals surface area contributed by atoms with E-state index in [0.29, 0.717) is 67.4 Å². The molecule has 4 heterocycles. The van der Waals surface area contributed by atoms with Gasteiger partial charge < -0.3 is 38.4 Å². The molecule has 0 unspecified atom stereocenters. The number of benzene rings is 2. The lowest BCUT2D eigenvalue weighted by Crippen LogP contribution is -2.48. The van der Waals surface area contributed by atoms with Crippen molar-refractivity contribution in [2.45, 2.75) is 90.5 Å². The summed E-state index contributed by atoms with van der Waals surface area (Å²) >= 11 is 0. The smallest absolute Gasteiger partial charge is 0.289 e. The van der Waals surface area contributed by atoms with Crippen LogP contribution in [0.3, 0.4) is 0 Å². The summed E-state index contributed by atoms with van der Waals surface area (Å²) in [6.45, 7) is 9.93. The summed E-state index contributed by atoms with van der Waals surface area (Å²) < 4.78 is 35.5. The van der Waals surface area contributed by atoms with Gasteiger partial charge in [-0.05, 0) is 115 Å². The minimum absolute atomic E-state index is 0.0786. The van der Waals surface area contributed by atoms with Crippen LogP contribution in [0, 0.1) is 23.7 Å². The van der Waals surface area contributed by atoms with E-state index in [4.69, 9.17) is 28.4 Å². The molecular formula is C42H60N2O8. The van der Waals surface area contributed by atoms with Crippen LogP contribution in [0.2, 0.25) is 0 Å². The highest BCUT2D eigenvalue weighted by Crippen LogP contribution is 2.49. The fourth-order valence-corrected chi connectivity index (χ4v) is 9.04. The van der Waals surface area contributed by atoms with Gasteiger partial charge >= 0.3 is 0 Å². The average molecular weight is 721 g/mol. The summed E-state index contributed by atoms with van der Waals surface area (Å²) in [4.78, 5) is 19.5. The summed E-state index contributed by atoms with van der Waals surface area (Å²) in [5.74, 6) is 4.60. The van der Waals surface area contributed by atoms with Gasteiger partial charge in [0.15, 0.2) is 28.8 Å². The molecule has 4 aliphatic heterocycles. The van der Waals surface area contributed by atoms with Crippen LogP contribution in [0.1, 0.15) is 93.6 Å². The van der Waals surface area contributed by atoms with Crippen LogP contribution in [0.25, 0.3) is 0 Å². The first-order valence-electron chi connectivity index (χ1n) is 19.4. The Labute approximate surface area is 310 Å². The van der Waals surface area contributed by atoms with Gasteiger partial charge in [-0.3, -0.25) is 9.69 Å². The van der Waals surface area contributed by atoms with E-state index >= 15 is 0 Å². The van der Waals surface area contributed by atoms with Gasteiger partial charge in [0, 0.05) is 38.7 Å². The second kappa shape index (κ2) is 17.1. The Kier molecular flexibility index (Phi) is 12.6. The molecule has 1 amide bonds. The van der Waals surface area contributed by atoms with Gasteiger partial charge in [0.25, 0.3) is 5.91 Å². The van der Waals surface area contributed by atoms with Crippen LogP contribution >= 0.6 is 0 Å². The molecule has 0 aromatic heterocycles. The molecule has 1 N–H and O–H groups in total. The molecule has 4 aliphatic rings. The summed E-state index contributed by atoms with van der Waals surface area (Å²) in [7, 11) is 6.75. The van der Waals surface area contributed by atoms with Gasteiger partial charge in [-0.1, -0.05) is 27.2 Å². The number of methoxy groups -OCH3 is 4. The van der Waals surface area contributed by atoms with E-state index in [0.717, 1.165) is 62.3 Å². The van der Waals surface area contributed by atoms with E-state index < -0.39 is 6.29 Å². The molecule has 0 radical (unpaired) electrons. The number of allylic oxidation sites excluding steroid dienone is 1. The van der Waals surface area contributed by atoms with Crippen molar-refractivity contribution in [2.75, 3.05) is 61.3 Å². The highest BCUT2D eigenvalue weighted by Gasteiger charge is 2.43. The number of ether oxygens (including phenoxy) is 6. The predicted octanol–water partition coefficient (Wildman–Crippen LogP) is 6.87. The van der Waals surface area contributed by atoms with Crippen LogP contribution in [-0.2, 0) is 27.1 Å². The molecule has 6 rings (SSSR count). The molecule has 0 bridgehead atoms. The van der Waals surface area contributed by atoms with E-state index in [1.165, 1.54) is 16.7 Å². The van der Waals surface area contributed by atoms with E-state index in [-0.39, 0.29) is 30.5 Å². The first kappa shape index (κ1) is 38.3. The zero-order valence-electron chi connectivity index (χ0n) is 32.3. The average Bonchev–Trinajstić information content (AvgIpc) is 3.17. The van der Waals surface area contributed by atoms with Crippen molar-refractivity contribution < 1.29 is 38.3 Å². The fraction of sp³-hybridized carbons (Fsp3) is 0.643. The number of rotatable bonds is 14. The highest BCUT2D eigenvalue weighted by atomic mass is 16.7. The molecule has 1 saturated heterocycles. The minimum Gasteiger partial charge on any atom is -0.493 e. The summed E-state index contributed by atoms with van der Waals surface area (Å²) in [6, 6.07) is 8.66. The molecule has 0 saturated carbocycles. The number of carbonyl (C=O) groups excluding carboxylic acids is 1. The van der Waals surface area contributed by atoms with Gasteiger partial charge in [-0.15, -0.1) is 0 Å². The van der Waals surface area contributed by atoms with E-state index in [9.17, 15) is 9.90 Å². The largest absolute Gasteiger partial charge is 0.493 e. The van der Waals surface area contributed by atoms with Gasteiger partial charge in [-0.25, -0.2) is 0 Å². The van der Waals surface area contributed by atoms with Gasteiger partial charge in [0.2, 0.25) is 6.29 Å². The molecule has 6 atom stereocenters. The summed E-state index contributed by atoms with van der Waals surface area (Å²) in [5.41, 5.74) is 4.98. The Morgan fingerprint density at radius 2 is 1.50 bits per heavy atom. The maximum absolute atomic E-state index is 14.8. The van der Waals surface area contributed by atoms with Crippen molar-refractivity contribution in [3.8, 4) is 23.0 Å². The molecule has 10 heteroatoms. The lowest BCUT2D eigenvalue weighted by Gasteiger charge is -2.49. The zero-order chi connectivity index (χ0) is 36.9. The predicted molar refractivity (Wildman–Crippen MR) is 200 cm³/mol. The molecule has 1 fully saturated rings. The Hall–Kier alpha value is -3.47. The molecule has 0 spiro atoms. The number of carbonyl (C=O) groups is 1. The molecule has 2 aromatic rings. The summed E-state index contributed by atoms with van der Waals surface area (Å²) in [6.07, 6.45) is 8.28. The van der Waals surface area contributed by atoms with E-state index in [1.54, 1.807) is 28.4 Å². The quantitative estimate of drug-likeness (QED) is 0.210. The van der Waals surface area contributed by atoms with Gasteiger partial charge in [0.1, 0.15) is 0 Å². The van der Waals surface area contributed by atoms with Crippen molar-refractivity contribution in [1.82, 2.24) is 9.80 Å². The van der Waals surface area contributed by atoms with Crippen LogP contribution in [-0.4, -0.2) is 88.4 Å². The number of hydrogen-bond acceptors (Lipinski definition) is 9. The zero-order valence-corrected chi connectivity index (χ0v) is 32.3. The Morgan fingerprint density at radius 1 is 0.865 bits per heavy atom. The highest BCUT2D eigenvalue weighted by molar-refractivity contribution is 5.92. The van der Waals surface area contributed by atoms with Crippen LogP contribution < -0.4 is 18.9 Å². The lowest BCUT2D eigenvalue weighted by atomic mass is 9.72. The maximum Gasteiger partial charge on any atom is 0.289 e. The summed E-state index contributed by atoms with van der Waals surface area (Å²) in [5, 5.41) is 9.25. The fourth-order valence-electron chi connectivity index (χ4n) is 9.04. The number of amides is 1. The number of unbranched alkanes of at least 4 members (excludes halogenated alkanes) is 1. The van der Waals surface area contributed by atoms with E-state index in [1.807, 2.05) is 6.08 Å². The standard InChI is InChI=1S/C42H60N2O8/c1-8-27-25-43-13-11-28-19-36(47-4)38(49-6)23-32(28)34(43)17-31(27)18-35-33-24-39(50-7)37(48-5)20-29(33)12-14-44(35)42(46)40-21-30(26(2)3)22-41(52-40)51-16-10-9-15-45/h19-21,23-24,26-27,30-31,34-35,41,45H,8-18,22,25H2,1-7H3/t27-,30+,31+,34-,35+,41-/m0/s1. The van der Waals surface area contributed by atoms with Crippen LogP contribution in [0.15, 0.2) is 36.1 Å². The first-order chi connectivity index (χ1) is 25.2. The first-order valence-corrected chi connectivity index (χ1v) is 19.4. The maximum atomic E-state index is 14.8. The van der Waals surface area contributed by atoms with Gasteiger partial charge in [-0.2, -0.15) is 0 Å². The number of piperidine rings is 1. The number of hydrogen-bond donors (Lipinski definition) is 1. The van der Waals surface area contributed by atoms with Crippen LogP contribution in [0.5, 0.6) is 23.0 Å². The third kappa shape index (κ3) is 7.90. The van der Waals surface area contributed by atoms with Crippen molar-refractivity contribution in [3.05, 3.63) is 58.4 Å². The van der Waals surface area contributed by atoms with Crippen molar-refractivity contribution in [3.63, 3.8) is 0 Å². The number of aliphatic hydroxyl groups excluding tert-OH is 1. The normalized spacial score (nSPS) is 25.7. The lowest BCUT2D eigenvalue weighted by molar-refractivity contribution is -0.158. The van der Waals surface area contributed by atoms with Crippen molar-refractivity contribution >= 4 is 5.91 Å². The molecule has 52 heavy (non-hydrogen) atoms. The molecule has 0 aliphatic carbocycles. The third-order valence-corrected chi connectivity index (χ3v) is 12.1. The van der Waals surface area contributed by atoms with Crippen molar-refractivity contribution in [2.24, 2.45) is 23.7 Å². The second-order valence-corrected chi connectivity index (χ2v) is 15.3. The number of fused-ring (bicyclic) bond motifs is 4. The Balaban J connectivity index is 1.34. The topological polar surface area (TPSA) is 99.2 Å². The second-order valence-electron chi connectivity index (χ2n) is 15.3. The van der Waals surface area contributed by atoms with Crippen LogP contribution in [0.4, 0.5) is 0 Å². The molecule has 2 aromatic carbocycles. The SMILES string of the molecule is CC[C@H]1CN2CCc3cc(OC)c(OC)cc3[C@@H]2C[C@@H]1C[C@@H]1c2cc(OC)c(OC)cc2CCN1C(=O)C1=C[C@@H](C(C)C)C[C@@H](OCCCCO)O1. The third-order valence-electron chi connectivity index (χ3n) is 12.1. The van der Waals surface area contributed by atoms with E-state index in [2.05, 4.69) is 54.8 Å². The monoisotopic (exact) mass is 720 g/mol. The number of aliphatic hydroxyl groups is 1. The Morgan fingerprint density at radius 3 is 2.13 bits per heavy atom. The molecule has 286 valence electrons. The van der Waals surface area contributed by atoms with Crippen molar-refractivity contribution in [1.29, 1.82) is 0 Å².